The summed E-state index contributed by atoms with van der Waals surface area (Å²) in [6, 6.07) is 8.48. The van der Waals surface area contributed by atoms with Crippen molar-refractivity contribution >= 4 is 5.96 Å². The minimum atomic E-state index is 0.683. The number of guanidine groups is 1. The van der Waals surface area contributed by atoms with Crippen LogP contribution in [-0.2, 0) is 17.9 Å². The minimum Gasteiger partial charge on any atom is -0.377 e. The molecule has 0 bridgehead atoms. The molecule has 0 saturated heterocycles. The molecule has 1 rings (SSSR count). The molecule has 21 heavy (non-hydrogen) atoms. The van der Waals surface area contributed by atoms with Gasteiger partial charge in [-0.05, 0) is 30.4 Å². The first kappa shape index (κ1) is 17.5. The molecule has 0 aliphatic heterocycles. The predicted molar refractivity (Wildman–Crippen MR) is 89.4 cm³/mol. The first-order valence-electron chi connectivity index (χ1n) is 7.75. The van der Waals surface area contributed by atoms with Crippen LogP contribution in [0.1, 0.15) is 38.3 Å². The van der Waals surface area contributed by atoms with Crippen LogP contribution in [0.5, 0.6) is 0 Å². The summed E-state index contributed by atoms with van der Waals surface area (Å²) in [6.45, 7) is 9.62. The Hall–Kier alpha value is -1.55. The number of rotatable bonds is 8. The Bertz CT molecular complexity index is 413. The quantitative estimate of drug-likeness (QED) is 0.572. The Morgan fingerprint density at radius 2 is 1.81 bits per heavy atom. The standard InChI is InChI=1S/C17H29N3O/c1-5-21-13-16-8-6-15(7-9-16)12-20-17(18-4)19-11-10-14(2)3/h6-9,14H,5,10-13H2,1-4H3,(H2,18,19,20). The molecular weight excluding hydrogens is 262 g/mol. The monoisotopic (exact) mass is 291 g/mol. The molecule has 0 heterocycles. The van der Waals surface area contributed by atoms with Crippen molar-refractivity contribution in [2.24, 2.45) is 10.9 Å². The summed E-state index contributed by atoms with van der Waals surface area (Å²) in [5.41, 5.74) is 2.45. The smallest absolute Gasteiger partial charge is 0.191 e. The molecule has 0 atom stereocenters. The number of nitrogens with zero attached hydrogens (tertiary/aromatic N) is 1. The molecule has 0 saturated carbocycles. The van der Waals surface area contributed by atoms with Gasteiger partial charge in [0.1, 0.15) is 0 Å². The van der Waals surface area contributed by atoms with Gasteiger partial charge in [0.05, 0.1) is 6.61 Å². The van der Waals surface area contributed by atoms with Crippen LogP contribution in [0.4, 0.5) is 0 Å². The van der Waals surface area contributed by atoms with Gasteiger partial charge in [0.15, 0.2) is 5.96 Å². The number of hydrogen-bond acceptors (Lipinski definition) is 2. The molecule has 0 aliphatic carbocycles. The van der Waals surface area contributed by atoms with Gasteiger partial charge >= 0.3 is 0 Å². The van der Waals surface area contributed by atoms with Crippen molar-refractivity contribution < 1.29 is 4.74 Å². The molecule has 118 valence electrons. The molecule has 0 aliphatic rings. The third kappa shape index (κ3) is 7.71. The van der Waals surface area contributed by atoms with Gasteiger partial charge in [0.25, 0.3) is 0 Å². The third-order valence-electron chi connectivity index (χ3n) is 3.19. The van der Waals surface area contributed by atoms with Gasteiger partial charge in [-0.15, -0.1) is 0 Å². The Morgan fingerprint density at radius 1 is 1.14 bits per heavy atom. The average Bonchev–Trinajstić information content (AvgIpc) is 2.49. The van der Waals surface area contributed by atoms with Crippen LogP contribution in [0, 0.1) is 5.92 Å². The lowest BCUT2D eigenvalue weighted by Crippen LogP contribution is -2.37. The lowest BCUT2D eigenvalue weighted by atomic mass is 10.1. The van der Waals surface area contributed by atoms with E-state index >= 15 is 0 Å². The van der Waals surface area contributed by atoms with E-state index in [1.165, 1.54) is 11.1 Å². The Morgan fingerprint density at radius 3 is 2.38 bits per heavy atom. The van der Waals surface area contributed by atoms with E-state index in [-0.39, 0.29) is 0 Å². The Balaban J connectivity index is 2.35. The molecule has 0 spiro atoms. The second-order valence-electron chi connectivity index (χ2n) is 5.49. The maximum atomic E-state index is 5.39. The average molecular weight is 291 g/mol. The van der Waals surface area contributed by atoms with Gasteiger partial charge in [0, 0.05) is 26.7 Å². The van der Waals surface area contributed by atoms with Crippen molar-refractivity contribution in [3.05, 3.63) is 35.4 Å². The highest BCUT2D eigenvalue weighted by molar-refractivity contribution is 5.79. The van der Waals surface area contributed by atoms with Crippen molar-refractivity contribution in [2.45, 2.75) is 40.3 Å². The summed E-state index contributed by atoms with van der Waals surface area (Å²) in [7, 11) is 1.80. The first-order valence-corrected chi connectivity index (χ1v) is 7.75. The lowest BCUT2D eigenvalue weighted by Gasteiger charge is -2.13. The second kappa shape index (κ2) is 10.2. The largest absolute Gasteiger partial charge is 0.377 e. The fraction of sp³-hybridized carbons (Fsp3) is 0.588. The molecule has 4 nitrogen and oxygen atoms in total. The molecule has 1 aromatic rings. The normalized spacial score (nSPS) is 11.8. The van der Waals surface area contributed by atoms with Crippen molar-refractivity contribution in [2.75, 3.05) is 20.2 Å². The predicted octanol–water partition coefficient (Wildman–Crippen LogP) is 2.93. The maximum absolute atomic E-state index is 5.39. The summed E-state index contributed by atoms with van der Waals surface area (Å²) in [5.74, 6) is 1.56. The van der Waals surface area contributed by atoms with E-state index in [0.717, 1.165) is 32.1 Å². The van der Waals surface area contributed by atoms with Crippen LogP contribution in [-0.4, -0.2) is 26.2 Å². The number of ether oxygens (including phenoxy) is 1. The highest BCUT2D eigenvalue weighted by Crippen LogP contribution is 2.05. The van der Waals surface area contributed by atoms with Crippen LogP contribution in [0.3, 0.4) is 0 Å². The molecule has 0 aromatic heterocycles. The van der Waals surface area contributed by atoms with Crippen LogP contribution in [0.2, 0.25) is 0 Å². The zero-order valence-electron chi connectivity index (χ0n) is 13.8. The van der Waals surface area contributed by atoms with E-state index in [9.17, 15) is 0 Å². The summed E-state index contributed by atoms with van der Waals surface area (Å²) >= 11 is 0. The zero-order chi connectivity index (χ0) is 15.5. The van der Waals surface area contributed by atoms with E-state index in [2.05, 4.69) is 53.7 Å². The van der Waals surface area contributed by atoms with E-state index < -0.39 is 0 Å². The fourth-order valence-corrected chi connectivity index (χ4v) is 1.86. The lowest BCUT2D eigenvalue weighted by molar-refractivity contribution is 0.134. The van der Waals surface area contributed by atoms with Crippen LogP contribution in [0.25, 0.3) is 0 Å². The number of hydrogen-bond donors (Lipinski definition) is 2. The Kier molecular flexibility index (Phi) is 8.51. The first-order chi connectivity index (χ1) is 10.2. The number of aliphatic imine (C=N–C) groups is 1. The SMILES string of the molecule is CCOCc1ccc(CNC(=NC)NCCC(C)C)cc1. The van der Waals surface area contributed by atoms with Crippen molar-refractivity contribution in [1.29, 1.82) is 0 Å². The maximum Gasteiger partial charge on any atom is 0.191 e. The van der Waals surface area contributed by atoms with E-state index in [4.69, 9.17) is 4.74 Å². The van der Waals surface area contributed by atoms with E-state index in [1.54, 1.807) is 7.05 Å². The molecule has 0 radical (unpaired) electrons. The summed E-state index contributed by atoms with van der Waals surface area (Å²) in [5, 5.41) is 6.66. The fourth-order valence-electron chi connectivity index (χ4n) is 1.86. The van der Waals surface area contributed by atoms with Gasteiger partial charge in [0.2, 0.25) is 0 Å². The molecule has 0 fully saturated rings. The van der Waals surface area contributed by atoms with Crippen LogP contribution in [0.15, 0.2) is 29.3 Å². The third-order valence-corrected chi connectivity index (χ3v) is 3.19. The summed E-state index contributed by atoms with van der Waals surface area (Å²) < 4.78 is 5.39. The molecule has 2 N–H and O–H groups in total. The van der Waals surface area contributed by atoms with Gasteiger partial charge in [-0.3, -0.25) is 4.99 Å². The molecule has 0 unspecified atom stereocenters. The molecule has 1 aromatic carbocycles. The molecule has 0 amide bonds. The van der Waals surface area contributed by atoms with Crippen LogP contribution >= 0.6 is 0 Å². The summed E-state index contributed by atoms with van der Waals surface area (Å²) in [6.07, 6.45) is 1.15. The minimum absolute atomic E-state index is 0.683. The van der Waals surface area contributed by atoms with Crippen molar-refractivity contribution in [3.8, 4) is 0 Å². The highest BCUT2D eigenvalue weighted by Gasteiger charge is 2.00. The topological polar surface area (TPSA) is 45.6 Å². The van der Waals surface area contributed by atoms with Crippen molar-refractivity contribution in [3.63, 3.8) is 0 Å². The zero-order valence-corrected chi connectivity index (χ0v) is 13.8. The Labute approximate surface area is 129 Å². The molecule has 4 heteroatoms. The summed E-state index contributed by atoms with van der Waals surface area (Å²) in [4.78, 5) is 4.23. The van der Waals surface area contributed by atoms with E-state index in [1.807, 2.05) is 6.92 Å². The van der Waals surface area contributed by atoms with Crippen molar-refractivity contribution in [1.82, 2.24) is 10.6 Å². The highest BCUT2D eigenvalue weighted by atomic mass is 16.5. The van der Waals surface area contributed by atoms with Gasteiger partial charge in [-0.2, -0.15) is 0 Å². The van der Waals surface area contributed by atoms with Crippen LogP contribution < -0.4 is 10.6 Å². The molecular formula is C17H29N3O. The number of nitrogens with one attached hydrogen (secondary N) is 2. The van der Waals surface area contributed by atoms with Gasteiger partial charge in [-0.1, -0.05) is 38.1 Å². The van der Waals surface area contributed by atoms with Gasteiger partial charge in [-0.25, -0.2) is 0 Å². The van der Waals surface area contributed by atoms with Gasteiger partial charge < -0.3 is 15.4 Å². The second-order valence-corrected chi connectivity index (χ2v) is 5.49. The number of benzene rings is 1. The van der Waals surface area contributed by atoms with E-state index in [0.29, 0.717) is 12.5 Å².